The first-order chi connectivity index (χ1) is 11.6. The summed E-state index contributed by atoms with van der Waals surface area (Å²) in [7, 11) is -3.44. The van der Waals surface area contributed by atoms with E-state index >= 15 is 0 Å². The van der Waals surface area contributed by atoms with Crippen molar-refractivity contribution in [3.63, 3.8) is 0 Å². The van der Waals surface area contributed by atoms with Crippen molar-refractivity contribution in [3.05, 3.63) is 46.7 Å². The van der Waals surface area contributed by atoms with Crippen molar-refractivity contribution < 1.29 is 8.42 Å². The maximum absolute atomic E-state index is 12.5. The second kappa shape index (κ2) is 6.15. The highest BCUT2D eigenvalue weighted by Gasteiger charge is 2.42. The second-order valence-electron chi connectivity index (χ2n) is 6.48. The molecule has 0 bridgehead atoms. The maximum atomic E-state index is 12.5. The Kier molecular flexibility index (Phi) is 4.12. The van der Waals surface area contributed by atoms with Crippen LogP contribution in [0.15, 0.2) is 46.7 Å². The van der Waals surface area contributed by atoms with Gasteiger partial charge >= 0.3 is 0 Å². The average Bonchev–Trinajstić information content (AvgIpc) is 3.07. The molecule has 0 saturated carbocycles. The molecule has 3 heterocycles. The van der Waals surface area contributed by atoms with Crippen LogP contribution in [0, 0.1) is 0 Å². The molecule has 2 aliphatic heterocycles. The van der Waals surface area contributed by atoms with Crippen molar-refractivity contribution in [1.82, 2.24) is 9.62 Å². The zero-order valence-corrected chi connectivity index (χ0v) is 15.0. The van der Waals surface area contributed by atoms with Crippen molar-refractivity contribution in [3.8, 4) is 0 Å². The topological polar surface area (TPSA) is 61.4 Å². The Morgan fingerprint density at radius 1 is 1.12 bits per heavy atom. The summed E-state index contributed by atoms with van der Waals surface area (Å²) in [6, 6.07) is 11.4. The summed E-state index contributed by atoms with van der Waals surface area (Å²) in [5.41, 5.74) is 0.162. The molecule has 0 atom stereocenters. The SMILES string of the molecule is O=S1(=O)NC2(CCN(CCc3cccs3)CC2)Nc2ccccc21. The molecule has 24 heavy (non-hydrogen) atoms. The van der Waals surface area contributed by atoms with Gasteiger partial charge in [-0.05, 0) is 42.8 Å². The number of likely N-dealkylation sites (tertiary alicyclic amines) is 1. The van der Waals surface area contributed by atoms with E-state index in [1.165, 1.54) is 4.88 Å². The van der Waals surface area contributed by atoms with Gasteiger partial charge in [-0.3, -0.25) is 0 Å². The number of thiophene rings is 1. The fourth-order valence-corrected chi connectivity index (χ4v) is 5.75. The van der Waals surface area contributed by atoms with Crippen LogP contribution < -0.4 is 10.0 Å². The molecule has 0 aliphatic carbocycles. The zero-order valence-electron chi connectivity index (χ0n) is 13.4. The van der Waals surface area contributed by atoms with Crippen LogP contribution in [0.1, 0.15) is 17.7 Å². The van der Waals surface area contributed by atoms with Crippen LogP contribution in [0.5, 0.6) is 0 Å². The molecule has 0 radical (unpaired) electrons. The summed E-state index contributed by atoms with van der Waals surface area (Å²) in [6.07, 6.45) is 2.60. The van der Waals surface area contributed by atoms with E-state index in [0.717, 1.165) is 38.9 Å². The molecule has 2 N–H and O–H groups in total. The molecular formula is C17H21N3O2S2. The number of nitrogens with zero attached hydrogens (tertiary/aromatic N) is 1. The average molecular weight is 364 g/mol. The highest BCUT2D eigenvalue weighted by Crippen LogP contribution is 2.34. The highest BCUT2D eigenvalue weighted by atomic mass is 32.2. The van der Waals surface area contributed by atoms with Gasteiger partial charge in [0.05, 0.1) is 5.69 Å². The van der Waals surface area contributed by atoms with E-state index in [1.54, 1.807) is 23.5 Å². The van der Waals surface area contributed by atoms with Crippen molar-refractivity contribution in [2.75, 3.05) is 25.0 Å². The molecule has 0 amide bonds. The normalized spacial score (nSPS) is 22.0. The number of piperidine rings is 1. The number of rotatable bonds is 3. The van der Waals surface area contributed by atoms with E-state index in [4.69, 9.17) is 0 Å². The van der Waals surface area contributed by atoms with Crippen LogP contribution in [-0.2, 0) is 16.4 Å². The van der Waals surface area contributed by atoms with Gasteiger partial charge in [0.1, 0.15) is 10.6 Å². The Hall–Kier alpha value is -1.41. The Morgan fingerprint density at radius 3 is 2.67 bits per heavy atom. The third-order valence-corrected chi connectivity index (χ3v) is 7.38. The lowest BCUT2D eigenvalue weighted by atomic mass is 9.97. The summed E-state index contributed by atoms with van der Waals surface area (Å²) in [4.78, 5) is 4.16. The third kappa shape index (κ3) is 3.09. The quantitative estimate of drug-likeness (QED) is 0.880. The lowest BCUT2D eigenvalue weighted by Crippen LogP contribution is -2.62. The predicted octanol–water partition coefficient (Wildman–Crippen LogP) is 2.49. The standard InChI is InChI=1S/C17H21N3O2S2/c21-24(22)16-6-2-1-5-15(16)18-17(19-24)8-11-20(12-9-17)10-7-14-4-3-13-23-14/h1-6,13,18-19H,7-12H2. The van der Waals surface area contributed by atoms with Crippen molar-refractivity contribution >= 4 is 27.0 Å². The fraction of sp³-hybridized carbons (Fsp3) is 0.412. The summed E-state index contributed by atoms with van der Waals surface area (Å²) < 4.78 is 28.0. The van der Waals surface area contributed by atoms with E-state index in [0.29, 0.717) is 10.6 Å². The lowest BCUT2D eigenvalue weighted by molar-refractivity contribution is 0.167. The van der Waals surface area contributed by atoms with Crippen LogP contribution in [0.2, 0.25) is 0 Å². The number of fused-ring (bicyclic) bond motifs is 1. The molecule has 1 aromatic carbocycles. The van der Waals surface area contributed by atoms with Gasteiger partial charge in [0.25, 0.3) is 0 Å². The number of hydrogen-bond acceptors (Lipinski definition) is 5. The minimum atomic E-state index is -3.44. The minimum absolute atomic E-state index is 0.343. The molecule has 4 rings (SSSR count). The highest BCUT2D eigenvalue weighted by molar-refractivity contribution is 7.89. The Labute approximate surface area is 146 Å². The Morgan fingerprint density at radius 2 is 1.92 bits per heavy atom. The van der Waals surface area contributed by atoms with E-state index < -0.39 is 15.7 Å². The van der Waals surface area contributed by atoms with E-state index in [-0.39, 0.29) is 0 Å². The smallest absolute Gasteiger partial charge is 0.244 e. The van der Waals surface area contributed by atoms with E-state index in [2.05, 4.69) is 32.5 Å². The monoisotopic (exact) mass is 363 g/mol. The van der Waals surface area contributed by atoms with Gasteiger partial charge in [-0.25, -0.2) is 8.42 Å². The van der Waals surface area contributed by atoms with Gasteiger partial charge in [-0.2, -0.15) is 4.72 Å². The molecule has 1 aromatic heterocycles. The van der Waals surface area contributed by atoms with Crippen LogP contribution in [0.4, 0.5) is 5.69 Å². The first-order valence-corrected chi connectivity index (χ1v) is 10.6. The third-order valence-electron chi connectivity index (χ3n) is 4.84. The number of hydrogen-bond donors (Lipinski definition) is 2. The van der Waals surface area contributed by atoms with E-state index in [1.807, 2.05) is 12.1 Å². The maximum Gasteiger partial charge on any atom is 0.244 e. The molecule has 1 fully saturated rings. The summed E-state index contributed by atoms with van der Waals surface area (Å²) in [5, 5.41) is 5.55. The van der Waals surface area contributed by atoms with Gasteiger partial charge < -0.3 is 10.2 Å². The van der Waals surface area contributed by atoms with Crippen LogP contribution in [0.25, 0.3) is 0 Å². The molecular weight excluding hydrogens is 342 g/mol. The first kappa shape index (κ1) is 16.1. The Balaban J connectivity index is 1.43. The van der Waals surface area contributed by atoms with Gasteiger partial charge in [-0.15, -0.1) is 11.3 Å². The molecule has 128 valence electrons. The predicted molar refractivity (Wildman–Crippen MR) is 96.8 cm³/mol. The molecule has 5 nitrogen and oxygen atoms in total. The lowest BCUT2D eigenvalue weighted by Gasteiger charge is -2.45. The van der Waals surface area contributed by atoms with Gasteiger partial charge in [0, 0.05) is 24.5 Å². The number of benzene rings is 1. The number of para-hydroxylation sites is 1. The molecule has 1 spiro atoms. The molecule has 0 unspecified atom stereocenters. The van der Waals surface area contributed by atoms with E-state index in [9.17, 15) is 8.42 Å². The Bertz CT molecular complexity index is 810. The van der Waals surface area contributed by atoms with Crippen molar-refractivity contribution in [2.24, 2.45) is 0 Å². The van der Waals surface area contributed by atoms with Crippen molar-refractivity contribution in [2.45, 2.75) is 29.8 Å². The number of anilines is 1. The van der Waals surface area contributed by atoms with Gasteiger partial charge in [-0.1, -0.05) is 18.2 Å². The van der Waals surface area contributed by atoms with Crippen LogP contribution in [-0.4, -0.2) is 38.6 Å². The molecule has 7 heteroatoms. The van der Waals surface area contributed by atoms with Crippen LogP contribution in [0.3, 0.4) is 0 Å². The second-order valence-corrected chi connectivity index (χ2v) is 9.16. The summed E-state index contributed by atoms with van der Waals surface area (Å²) in [5.74, 6) is 0. The van der Waals surface area contributed by atoms with Gasteiger partial charge in [0.15, 0.2) is 0 Å². The minimum Gasteiger partial charge on any atom is -0.365 e. The first-order valence-electron chi connectivity index (χ1n) is 8.22. The molecule has 2 aromatic rings. The zero-order chi connectivity index (χ0) is 16.6. The number of sulfonamides is 1. The van der Waals surface area contributed by atoms with Crippen LogP contribution >= 0.6 is 11.3 Å². The summed E-state index contributed by atoms with van der Waals surface area (Å²) >= 11 is 1.79. The molecule has 1 saturated heterocycles. The number of nitrogens with one attached hydrogen (secondary N) is 2. The summed E-state index contributed by atoms with van der Waals surface area (Å²) in [6.45, 7) is 2.81. The fourth-order valence-electron chi connectivity index (χ4n) is 3.51. The van der Waals surface area contributed by atoms with Gasteiger partial charge in [0.2, 0.25) is 10.0 Å². The largest absolute Gasteiger partial charge is 0.365 e. The van der Waals surface area contributed by atoms with Crippen molar-refractivity contribution in [1.29, 1.82) is 0 Å². The molecule has 2 aliphatic rings.